The Morgan fingerprint density at radius 2 is 2.13 bits per heavy atom. The number of urea groups is 1. The van der Waals surface area contributed by atoms with Crippen molar-refractivity contribution in [1.29, 1.82) is 0 Å². The maximum Gasteiger partial charge on any atom is 0.437 e. The predicted molar refractivity (Wildman–Crippen MR) is 92.0 cm³/mol. The molecule has 0 bridgehead atoms. The molecule has 7 nitrogen and oxygen atoms in total. The Balaban J connectivity index is 3.04. The molecule has 0 saturated carbocycles. The van der Waals surface area contributed by atoms with Crippen LogP contribution in [0.3, 0.4) is 0 Å². The van der Waals surface area contributed by atoms with E-state index < -0.39 is 12.1 Å². The van der Waals surface area contributed by atoms with Crippen LogP contribution in [0.5, 0.6) is 0 Å². The normalized spacial score (nSPS) is 11.8. The second kappa shape index (κ2) is 9.71. The minimum atomic E-state index is -0.601. The van der Waals surface area contributed by atoms with Crippen LogP contribution in [0.4, 0.5) is 9.59 Å². The zero-order chi connectivity index (χ0) is 17.4. The quantitative estimate of drug-likeness (QED) is 0.575. The topological polar surface area (TPSA) is 76.8 Å². The van der Waals surface area contributed by atoms with Crippen molar-refractivity contribution in [3.63, 3.8) is 0 Å². The highest BCUT2D eigenvalue weighted by atomic mass is 32.2. The van der Waals surface area contributed by atoms with E-state index in [-0.39, 0.29) is 4.80 Å². The number of hydrogen-bond donors (Lipinski definition) is 0. The molecule has 1 aromatic heterocycles. The Labute approximate surface area is 144 Å². The molecule has 0 spiro atoms. The van der Waals surface area contributed by atoms with Crippen LogP contribution in [-0.4, -0.2) is 53.3 Å². The van der Waals surface area contributed by atoms with E-state index in [1.54, 1.807) is 14.1 Å². The largest absolute Gasteiger partial charge is 0.448 e. The molecule has 0 radical (unpaired) electrons. The highest BCUT2D eigenvalue weighted by Gasteiger charge is 2.15. The first kappa shape index (κ1) is 19.7. The molecule has 1 heterocycles. The number of rotatable bonds is 6. The highest BCUT2D eigenvalue weighted by Crippen LogP contribution is 2.20. The minimum Gasteiger partial charge on any atom is -0.448 e. The number of hydrogen-bond acceptors (Lipinski definition) is 6. The van der Waals surface area contributed by atoms with E-state index >= 15 is 0 Å². The molecule has 130 valence electrons. The van der Waals surface area contributed by atoms with E-state index in [9.17, 15) is 9.59 Å². The standard InChI is InChI=1S/C14H24N4O3S2/c1-6-7-8-21-14(20)18-12(15-11(19)17(4)5)23-13(16-18)22-9-10(2)3/h10H,6-9H2,1-5H3. The van der Waals surface area contributed by atoms with Gasteiger partial charge in [0.05, 0.1) is 6.61 Å². The molecule has 0 saturated heterocycles. The number of amides is 2. The van der Waals surface area contributed by atoms with Crippen molar-refractivity contribution in [2.75, 3.05) is 26.5 Å². The SMILES string of the molecule is CCCCOC(=O)n1nc(SCC(C)C)sc1=NC(=O)N(C)C. The number of aromatic nitrogens is 2. The molecule has 0 N–H and O–H groups in total. The third-order valence-corrected chi connectivity index (χ3v) is 5.02. The summed E-state index contributed by atoms with van der Waals surface area (Å²) >= 11 is 2.75. The molecule has 0 aliphatic heterocycles. The van der Waals surface area contributed by atoms with Crippen LogP contribution in [0.25, 0.3) is 0 Å². The van der Waals surface area contributed by atoms with Crippen LogP contribution < -0.4 is 4.80 Å². The molecule has 0 aliphatic carbocycles. The lowest BCUT2D eigenvalue weighted by Gasteiger charge is -2.05. The first-order valence-corrected chi connectivity index (χ1v) is 9.31. The number of unbranched alkanes of at least 4 members (excludes halogenated alkanes) is 1. The van der Waals surface area contributed by atoms with Crippen molar-refractivity contribution in [2.24, 2.45) is 10.9 Å². The summed E-state index contributed by atoms with van der Waals surface area (Å²) in [6.45, 7) is 6.56. The van der Waals surface area contributed by atoms with Gasteiger partial charge in [-0.15, -0.1) is 9.78 Å². The van der Waals surface area contributed by atoms with Gasteiger partial charge in [0.15, 0.2) is 4.34 Å². The molecular formula is C14H24N4O3S2. The molecule has 2 amide bonds. The Morgan fingerprint density at radius 1 is 1.43 bits per heavy atom. The number of carbonyl (C=O) groups excluding carboxylic acids is 2. The van der Waals surface area contributed by atoms with Gasteiger partial charge in [-0.3, -0.25) is 0 Å². The van der Waals surface area contributed by atoms with Gasteiger partial charge in [-0.2, -0.15) is 4.99 Å². The van der Waals surface area contributed by atoms with Gasteiger partial charge in [0, 0.05) is 19.8 Å². The zero-order valence-electron chi connectivity index (χ0n) is 14.2. The average molecular weight is 361 g/mol. The molecule has 0 atom stereocenters. The first-order chi connectivity index (χ1) is 10.8. The van der Waals surface area contributed by atoms with Crippen LogP contribution in [0, 0.1) is 5.92 Å². The van der Waals surface area contributed by atoms with Crippen molar-refractivity contribution in [3.8, 4) is 0 Å². The third kappa shape index (κ3) is 6.74. The molecule has 1 rings (SSSR count). The molecule has 0 aromatic carbocycles. The maximum atomic E-state index is 12.1. The van der Waals surface area contributed by atoms with Gasteiger partial charge in [-0.1, -0.05) is 50.3 Å². The Morgan fingerprint density at radius 3 is 2.70 bits per heavy atom. The smallest absolute Gasteiger partial charge is 0.437 e. The van der Waals surface area contributed by atoms with E-state index in [1.807, 2.05) is 6.92 Å². The lowest BCUT2D eigenvalue weighted by atomic mass is 10.3. The molecule has 23 heavy (non-hydrogen) atoms. The summed E-state index contributed by atoms with van der Waals surface area (Å²) in [4.78, 5) is 29.4. The molecule has 0 unspecified atom stereocenters. The van der Waals surface area contributed by atoms with Crippen molar-refractivity contribution in [3.05, 3.63) is 4.80 Å². The van der Waals surface area contributed by atoms with E-state index in [2.05, 4.69) is 23.9 Å². The van der Waals surface area contributed by atoms with Crippen LogP contribution in [-0.2, 0) is 4.74 Å². The summed E-state index contributed by atoms with van der Waals surface area (Å²) in [6.07, 6.45) is 1.12. The van der Waals surface area contributed by atoms with Gasteiger partial charge < -0.3 is 9.64 Å². The summed E-state index contributed by atoms with van der Waals surface area (Å²) in [5, 5.41) is 4.23. The second-order valence-electron chi connectivity index (χ2n) is 5.52. The average Bonchev–Trinajstić information content (AvgIpc) is 2.88. The van der Waals surface area contributed by atoms with Gasteiger partial charge in [-0.05, 0) is 12.3 Å². The fourth-order valence-electron chi connectivity index (χ4n) is 1.30. The second-order valence-corrected chi connectivity index (χ2v) is 7.75. The fourth-order valence-corrected chi connectivity index (χ4v) is 3.18. The summed E-state index contributed by atoms with van der Waals surface area (Å²) in [5.41, 5.74) is 0. The van der Waals surface area contributed by atoms with Gasteiger partial charge >= 0.3 is 12.1 Å². The summed E-state index contributed by atoms with van der Waals surface area (Å²) in [6, 6.07) is -0.441. The highest BCUT2D eigenvalue weighted by molar-refractivity contribution is 8.00. The summed E-state index contributed by atoms with van der Waals surface area (Å²) < 4.78 is 6.93. The van der Waals surface area contributed by atoms with E-state index in [0.29, 0.717) is 16.9 Å². The van der Waals surface area contributed by atoms with Crippen molar-refractivity contribution >= 4 is 35.2 Å². The Hall–Kier alpha value is -1.35. The lowest BCUT2D eigenvalue weighted by molar-refractivity contribution is 0.141. The fraction of sp³-hybridized carbons (Fsp3) is 0.714. The van der Waals surface area contributed by atoms with Crippen molar-refractivity contribution in [1.82, 2.24) is 14.7 Å². The maximum absolute atomic E-state index is 12.1. The van der Waals surface area contributed by atoms with Crippen LogP contribution >= 0.6 is 23.1 Å². The van der Waals surface area contributed by atoms with Crippen LogP contribution in [0.2, 0.25) is 0 Å². The predicted octanol–water partition coefficient (Wildman–Crippen LogP) is 3.06. The van der Waals surface area contributed by atoms with Gasteiger partial charge in [0.25, 0.3) is 0 Å². The molecule has 0 aliphatic rings. The number of thioether (sulfide) groups is 1. The minimum absolute atomic E-state index is 0.233. The summed E-state index contributed by atoms with van der Waals surface area (Å²) in [5.74, 6) is 1.37. The Bertz CT molecular complexity index is 593. The van der Waals surface area contributed by atoms with Crippen molar-refractivity contribution < 1.29 is 14.3 Å². The van der Waals surface area contributed by atoms with E-state index in [4.69, 9.17) is 4.74 Å². The summed E-state index contributed by atoms with van der Waals surface area (Å²) in [7, 11) is 3.20. The van der Waals surface area contributed by atoms with E-state index in [0.717, 1.165) is 23.3 Å². The lowest BCUT2D eigenvalue weighted by Crippen LogP contribution is -2.29. The molecule has 1 aromatic rings. The van der Waals surface area contributed by atoms with E-state index in [1.165, 1.54) is 28.0 Å². The first-order valence-electron chi connectivity index (χ1n) is 7.51. The van der Waals surface area contributed by atoms with Crippen LogP contribution in [0.1, 0.15) is 33.6 Å². The van der Waals surface area contributed by atoms with Gasteiger partial charge in [0.1, 0.15) is 0 Å². The Kier molecular flexibility index (Phi) is 8.32. The number of ether oxygens (including phenoxy) is 1. The third-order valence-electron chi connectivity index (χ3n) is 2.55. The monoisotopic (exact) mass is 360 g/mol. The zero-order valence-corrected chi connectivity index (χ0v) is 15.9. The van der Waals surface area contributed by atoms with Crippen LogP contribution in [0.15, 0.2) is 9.33 Å². The number of carbonyl (C=O) groups is 2. The number of nitrogens with zero attached hydrogens (tertiary/aromatic N) is 4. The molecular weight excluding hydrogens is 336 g/mol. The molecule has 9 heteroatoms. The van der Waals surface area contributed by atoms with Gasteiger partial charge in [-0.25, -0.2) is 9.59 Å². The van der Waals surface area contributed by atoms with Crippen molar-refractivity contribution in [2.45, 2.75) is 38.0 Å². The van der Waals surface area contributed by atoms with Gasteiger partial charge in [0.2, 0.25) is 4.80 Å². The molecule has 0 fully saturated rings.